The van der Waals surface area contributed by atoms with E-state index in [9.17, 15) is 32.0 Å². The average molecular weight is 816 g/mol. The van der Waals surface area contributed by atoms with Gasteiger partial charge in [0.2, 0.25) is 27.7 Å². The van der Waals surface area contributed by atoms with Gasteiger partial charge < -0.3 is 24.2 Å². The molecule has 0 radical (unpaired) electrons. The fourth-order valence-electron chi connectivity index (χ4n) is 8.30. The Labute approximate surface area is 334 Å². The van der Waals surface area contributed by atoms with Gasteiger partial charge in [-0.15, -0.1) is 0 Å². The van der Waals surface area contributed by atoms with Crippen molar-refractivity contribution in [2.24, 2.45) is 11.3 Å². The predicted octanol–water partition coefficient (Wildman–Crippen LogP) is 5.46. The number of ether oxygens (including phenoxy) is 2. The lowest BCUT2D eigenvalue weighted by Crippen LogP contribution is -2.52. The van der Waals surface area contributed by atoms with Crippen LogP contribution in [0.2, 0.25) is 0 Å². The molecule has 2 aromatic carbocycles. The van der Waals surface area contributed by atoms with Crippen molar-refractivity contribution in [3.63, 3.8) is 0 Å². The molecule has 0 bridgehead atoms. The summed E-state index contributed by atoms with van der Waals surface area (Å²) in [7, 11) is -2.47. The van der Waals surface area contributed by atoms with Crippen LogP contribution in [-0.2, 0) is 24.4 Å². The smallest absolute Gasteiger partial charge is 0.274 e. The molecular weight excluding hydrogens is 770 g/mol. The van der Waals surface area contributed by atoms with Crippen molar-refractivity contribution in [1.82, 2.24) is 25.1 Å². The predicted molar refractivity (Wildman–Crippen MR) is 210 cm³/mol. The SMILES string of the molecule is COc1ccc2c(c1)nc(O[C@@H]1C[C@H]3C(=O)C[C@]4(C(=O)NS(=O)(=O)C5(C)CC5)C[C@H]4/C=C\CCCCC[C@H](NC(=O)c4cc(C)on4)C(=O)N3C1)c1ccc(F)cc12. The Morgan fingerprint density at radius 1 is 1.03 bits per heavy atom. The second kappa shape index (κ2) is 15.1. The first-order valence-electron chi connectivity index (χ1n) is 19.7. The van der Waals surface area contributed by atoms with Crippen LogP contribution in [0.1, 0.15) is 87.4 Å². The number of methoxy groups -OCH3 is 1. The van der Waals surface area contributed by atoms with Crippen LogP contribution in [0, 0.1) is 24.1 Å². The van der Waals surface area contributed by atoms with Crippen LogP contribution in [0.3, 0.4) is 0 Å². The molecule has 4 aliphatic rings. The minimum atomic E-state index is -3.99. The van der Waals surface area contributed by atoms with Crippen LogP contribution in [-0.4, -0.2) is 83.6 Å². The van der Waals surface area contributed by atoms with E-state index < -0.39 is 67.7 Å². The molecule has 8 rings (SSSR count). The number of rotatable bonds is 8. The van der Waals surface area contributed by atoms with Crippen molar-refractivity contribution in [3.05, 3.63) is 71.9 Å². The summed E-state index contributed by atoms with van der Waals surface area (Å²) in [5, 5.41) is 8.36. The molecule has 2 saturated carbocycles. The van der Waals surface area contributed by atoms with E-state index in [4.69, 9.17) is 19.0 Å². The maximum Gasteiger partial charge on any atom is 0.274 e. The summed E-state index contributed by atoms with van der Waals surface area (Å²) in [6, 6.07) is 8.84. The van der Waals surface area contributed by atoms with Crippen molar-refractivity contribution < 1.29 is 46.0 Å². The van der Waals surface area contributed by atoms with Crippen LogP contribution in [0.15, 0.2) is 59.1 Å². The fraction of sp³-hybridized carbons (Fsp3) is 0.476. The molecule has 0 spiro atoms. The molecule has 2 aliphatic heterocycles. The number of halogens is 1. The lowest BCUT2D eigenvalue weighted by atomic mass is 9.91. The van der Waals surface area contributed by atoms with Gasteiger partial charge >= 0.3 is 0 Å². The summed E-state index contributed by atoms with van der Waals surface area (Å²) in [5.74, 6) is -1.99. The summed E-state index contributed by atoms with van der Waals surface area (Å²) in [5.41, 5.74) is -0.835. The maximum atomic E-state index is 14.7. The van der Waals surface area contributed by atoms with Crippen LogP contribution >= 0.6 is 0 Å². The van der Waals surface area contributed by atoms with Gasteiger partial charge in [0.1, 0.15) is 29.5 Å². The minimum Gasteiger partial charge on any atom is -0.497 e. The van der Waals surface area contributed by atoms with E-state index in [1.807, 2.05) is 12.2 Å². The van der Waals surface area contributed by atoms with E-state index in [2.05, 4.69) is 15.2 Å². The Morgan fingerprint density at radius 3 is 2.57 bits per heavy atom. The van der Waals surface area contributed by atoms with Crippen molar-refractivity contribution >= 4 is 55.2 Å². The first kappa shape index (κ1) is 39.4. The number of allylic oxidation sites excluding steroid dienone is 2. The highest BCUT2D eigenvalue weighted by atomic mass is 32.2. The molecule has 2 aromatic heterocycles. The lowest BCUT2D eigenvalue weighted by molar-refractivity contribution is -0.140. The van der Waals surface area contributed by atoms with Gasteiger partial charge in [-0.25, -0.2) is 17.8 Å². The lowest BCUT2D eigenvalue weighted by Gasteiger charge is -2.29. The van der Waals surface area contributed by atoms with Crippen molar-refractivity contribution in [2.45, 2.75) is 101 Å². The first-order chi connectivity index (χ1) is 27.7. The molecule has 5 atom stereocenters. The molecular formula is C42H46FN5O9S. The number of carbonyl (C=O) groups is 4. The van der Waals surface area contributed by atoms with Crippen LogP contribution in [0.5, 0.6) is 11.6 Å². The average Bonchev–Trinajstić information content (AvgIpc) is 3.99. The van der Waals surface area contributed by atoms with Gasteiger partial charge in [-0.05, 0) is 94.0 Å². The number of nitrogens with zero attached hydrogens (tertiary/aromatic N) is 3. The number of nitrogens with one attached hydrogen (secondary N) is 2. The van der Waals surface area contributed by atoms with Gasteiger partial charge in [-0.1, -0.05) is 30.2 Å². The third-order valence-electron chi connectivity index (χ3n) is 12.2. The molecule has 1 saturated heterocycles. The quantitative estimate of drug-likeness (QED) is 0.170. The summed E-state index contributed by atoms with van der Waals surface area (Å²) in [6.07, 6.45) is 7.00. The number of hydrogen-bond acceptors (Lipinski definition) is 11. The molecule has 4 aromatic rings. The van der Waals surface area contributed by atoms with Gasteiger partial charge in [0.05, 0.1) is 35.4 Å². The van der Waals surface area contributed by atoms with E-state index >= 15 is 0 Å². The second-order valence-corrected chi connectivity index (χ2v) is 18.6. The first-order valence-corrected chi connectivity index (χ1v) is 21.2. The molecule has 3 fully saturated rings. The van der Waals surface area contributed by atoms with Gasteiger partial charge in [-0.3, -0.25) is 23.9 Å². The molecule has 0 unspecified atom stereocenters. The van der Waals surface area contributed by atoms with E-state index in [-0.39, 0.29) is 49.7 Å². The van der Waals surface area contributed by atoms with E-state index in [1.165, 1.54) is 30.2 Å². The second-order valence-electron chi connectivity index (χ2n) is 16.4. The zero-order chi connectivity index (χ0) is 41.0. The topological polar surface area (TPSA) is 187 Å². The normalized spacial score (nSPS) is 26.5. The van der Waals surface area contributed by atoms with Crippen LogP contribution in [0.4, 0.5) is 4.39 Å². The van der Waals surface area contributed by atoms with E-state index in [0.29, 0.717) is 58.9 Å². The molecule has 14 nitrogen and oxygen atoms in total. The van der Waals surface area contributed by atoms with Gasteiger partial charge in [-0.2, -0.15) is 0 Å². The summed E-state index contributed by atoms with van der Waals surface area (Å²) >= 11 is 0. The zero-order valence-corrected chi connectivity index (χ0v) is 33.4. The highest BCUT2D eigenvalue weighted by Crippen LogP contribution is 2.57. The van der Waals surface area contributed by atoms with Crippen molar-refractivity contribution in [1.29, 1.82) is 0 Å². The number of pyridine rings is 1. The monoisotopic (exact) mass is 815 g/mol. The number of Topliss-reactive ketones (excluding diaryl/α,β-unsaturated/α-hetero) is 1. The largest absolute Gasteiger partial charge is 0.497 e. The summed E-state index contributed by atoms with van der Waals surface area (Å²) in [6.45, 7) is 3.17. The number of carbonyl (C=O) groups excluding carboxylic acids is 4. The number of aromatic nitrogens is 2. The Balaban J connectivity index is 1.14. The molecule has 2 N–H and O–H groups in total. The number of hydrogen-bond donors (Lipinski definition) is 2. The fourth-order valence-corrected chi connectivity index (χ4v) is 9.63. The third-order valence-corrected chi connectivity index (χ3v) is 14.4. The van der Waals surface area contributed by atoms with Crippen LogP contribution < -0.4 is 19.5 Å². The number of fused-ring (bicyclic) bond motifs is 5. The highest BCUT2D eigenvalue weighted by molar-refractivity contribution is 7.91. The Morgan fingerprint density at radius 2 is 1.83 bits per heavy atom. The number of amides is 3. The highest BCUT2D eigenvalue weighted by Gasteiger charge is 2.62. The molecule has 16 heteroatoms. The Bertz CT molecular complexity index is 2460. The van der Waals surface area contributed by atoms with Crippen LogP contribution in [0.25, 0.3) is 21.7 Å². The summed E-state index contributed by atoms with van der Waals surface area (Å²) in [4.78, 5) is 62.9. The molecule has 3 amide bonds. The van der Waals surface area contributed by atoms with E-state index in [0.717, 1.165) is 12.8 Å². The Kier molecular flexibility index (Phi) is 10.3. The van der Waals surface area contributed by atoms with Gasteiger partial charge in [0.15, 0.2) is 11.5 Å². The summed E-state index contributed by atoms with van der Waals surface area (Å²) < 4.78 is 59.4. The van der Waals surface area contributed by atoms with Crippen molar-refractivity contribution in [2.75, 3.05) is 13.7 Å². The number of benzene rings is 2. The molecule has 306 valence electrons. The maximum absolute atomic E-state index is 14.7. The Hall–Kier alpha value is -5.38. The van der Waals surface area contributed by atoms with E-state index in [1.54, 1.807) is 38.1 Å². The number of sulfonamides is 1. The zero-order valence-electron chi connectivity index (χ0n) is 32.6. The number of ketones is 1. The molecule has 58 heavy (non-hydrogen) atoms. The standard InChI is InChI=1S/C42H46FN5O9S/c1-24-17-34(46-57-24)37(50)44-32-10-8-6-4-5-7-9-25-21-42(25,40(52)47-58(53,54)41(2)15-16-41)22-36(49)35-20-28(23-48(35)39(32)51)56-38-30-13-11-26(43)18-31(30)29-14-12-27(55-3)19-33(29)45-38/h7,9,11-14,17-19,25,28,32,35H,4-6,8,10,15-16,20-23H2,1-3H3,(H,44,50)(H,47,52)/b9-7-/t25-,28-,32+,35+,42-/m1/s1. The number of aryl methyl sites for hydroxylation is 1. The van der Waals surface area contributed by atoms with Gasteiger partial charge in [0, 0.05) is 35.7 Å². The van der Waals surface area contributed by atoms with Crippen molar-refractivity contribution in [3.8, 4) is 11.6 Å². The minimum absolute atomic E-state index is 0.00616. The molecule has 2 aliphatic carbocycles. The third kappa shape index (κ3) is 7.53. The molecule has 4 heterocycles. The van der Waals surface area contributed by atoms with Gasteiger partial charge in [0.25, 0.3) is 5.91 Å².